The molecule has 1 aromatic heterocycles. The zero-order valence-electron chi connectivity index (χ0n) is 19.6. The van der Waals surface area contributed by atoms with E-state index in [0.717, 1.165) is 35.0 Å². The molecule has 1 fully saturated rings. The van der Waals surface area contributed by atoms with Gasteiger partial charge in [0.25, 0.3) is 5.91 Å². The van der Waals surface area contributed by atoms with E-state index in [4.69, 9.17) is 9.15 Å². The molecule has 1 aliphatic carbocycles. The average Bonchev–Trinajstić information content (AvgIpc) is 3.26. The molecule has 5 nitrogen and oxygen atoms in total. The SMILES string of the molecule is C[C@@H](OC(=O)c1oc2ccccc2c1CSC1CCCCC1)C(=O)N1CCCc2ccccc21. The second-order valence-electron chi connectivity index (χ2n) is 9.25. The number of carbonyl (C=O) groups is 2. The van der Waals surface area contributed by atoms with E-state index in [2.05, 4.69) is 6.07 Å². The quantitative estimate of drug-likeness (QED) is 0.378. The summed E-state index contributed by atoms with van der Waals surface area (Å²) in [5, 5.41) is 1.56. The second-order valence-corrected chi connectivity index (χ2v) is 10.5. The van der Waals surface area contributed by atoms with Crippen molar-refractivity contribution >= 4 is 40.3 Å². The Labute approximate surface area is 204 Å². The lowest BCUT2D eigenvalue weighted by Crippen LogP contribution is -2.42. The van der Waals surface area contributed by atoms with Crippen molar-refractivity contribution in [3.05, 3.63) is 65.4 Å². The minimum absolute atomic E-state index is 0.199. The number of ether oxygens (including phenoxy) is 1. The van der Waals surface area contributed by atoms with E-state index in [0.29, 0.717) is 23.1 Å². The first-order valence-corrected chi connectivity index (χ1v) is 13.4. The minimum Gasteiger partial charge on any atom is -0.449 e. The monoisotopic (exact) mass is 477 g/mol. The molecule has 2 aromatic carbocycles. The molecule has 0 spiro atoms. The number of thioether (sulfide) groups is 1. The first-order chi connectivity index (χ1) is 16.6. The predicted octanol–water partition coefficient (Wildman–Crippen LogP) is 6.52. The number of aryl methyl sites for hydroxylation is 1. The Morgan fingerprint density at radius 2 is 1.82 bits per heavy atom. The molecule has 5 rings (SSSR count). The number of rotatable bonds is 6. The molecule has 1 saturated carbocycles. The number of nitrogens with zero attached hydrogens (tertiary/aromatic N) is 1. The van der Waals surface area contributed by atoms with E-state index >= 15 is 0 Å². The molecule has 1 aliphatic heterocycles. The van der Waals surface area contributed by atoms with Crippen LogP contribution in [0.3, 0.4) is 0 Å². The molecule has 0 bridgehead atoms. The number of esters is 1. The summed E-state index contributed by atoms with van der Waals surface area (Å²) in [6.07, 6.45) is 7.27. The van der Waals surface area contributed by atoms with E-state index in [-0.39, 0.29) is 11.7 Å². The lowest BCUT2D eigenvalue weighted by atomic mass is 10.0. The number of furan rings is 1. The van der Waals surface area contributed by atoms with Gasteiger partial charge in [-0.1, -0.05) is 55.7 Å². The summed E-state index contributed by atoms with van der Waals surface area (Å²) in [6, 6.07) is 15.7. The maximum Gasteiger partial charge on any atom is 0.375 e. The summed E-state index contributed by atoms with van der Waals surface area (Å²) in [4.78, 5) is 28.2. The maximum atomic E-state index is 13.2. The van der Waals surface area contributed by atoms with E-state index in [1.54, 1.807) is 11.8 Å². The van der Waals surface area contributed by atoms with E-state index in [1.807, 2.05) is 54.2 Å². The zero-order chi connectivity index (χ0) is 23.5. The molecule has 0 unspecified atom stereocenters. The Balaban J connectivity index is 1.33. The van der Waals surface area contributed by atoms with E-state index in [1.165, 1.54) is 32.1 Å². The largest absolute Gasteiger partial charge is 0.449 e. The van der Waals surface area contributed by atoms with Gasteiger partial charge < -0.3 is 14.1 Å². The highest BCUT2D eigenvalue weighted by atomic mass is 32.2. The van der Waals surface area contributed by atoms with Crippen LogP contribution in [0.4, 0.5) is 5.69 Å². The van der Waals surface area contributed by atoms with Crippen LogP contribution in [0.15, 0.2) is 52.9 Å². The third-order valence-corrected chi connectivity index (χ3v) is 8.31. The minimum atomic E-state index is -0.897. The third-order valence-electron chi connectivity index (χ3n) is 6.91. The smallest absolute Gasteiger partial charge is 0.375 e. The van der Waals surface area contributed by atoms with Crippen LogP contribution in [0.1, 0.15) is 67.1 Å². The molecule has 0 radical (unpaired) electrons. The van der Waals surface area contributed by atoms with Crippen molar-refractivity contribution in [1.82, 2.24) is 0 Å². The van der Waals surface area contributed by atoms with Gasteiger partial charge >= 0.3 is 5.97 Å². The number of para-hydroxylation sites is 2. The lowest BCUT2D eigenvalue weighted by Gasteiger charge is -2.31. The standard InChI is InChI=1S/C28H31NO4S/c1-19(27(30)29-17-9-11-20-10-5-7-15-24(20)29)32-28(31)26-23(18-34-21-12-3-2-4-13-21)22-14-6-8-16-25(22)33-26/h5-8,10,14-16,19,21H,2-4,9,11-13,17-18H2,1H3/t19-/m1/s1. The molecule has 3 aromatic rings. The highest BCUT2D eigenvalue weighted by molar-refractivity contribution is 7.99. The molecule has 0 N–H and O–H groups in total. The van der Waals surface area contributed by atoms with Gasteiger partial charge in [0, 0.05) is 34.2 Å². The summed E-state index contributed by atoms with van der Waals surface area (Å²) >= 11 is 1.90. The van der Waals surface area contributed by atoms with Gasteiger partial charge in [-0.2, -0.15) is 11.8 Å². The molecule has 6 heteroatoms. The molecule has 1 amide bonds. The van der Waals surface area contributed by atoms with Crippen molar-refractivity contribution in [2.75, 3.05) is 11.4 Å². The van der Waals surface area contributed by atoms with Crippen LogP contribution in [0.25, 0.3) is 11.0 Å². The lowest BCUT2D eigenvalue weighted by molar-refractivity contribution is -0.126. The van der Waals surface area contributed by atoms with Crippen LogP contribution in [0, 0.1) is 0 Å². The topological polar surface area (TPSA) is 59.8 Å². The molecule has 1 atom stereocenters. The van der Waals surface area contributed by atoms with Gasteiger partial charge in [-0.15, -0.1) is 0 Å². The van der Waals surface area contributed by atoms with Crippen LogP contribution >= 0.6 is 11.8 Å². The molecule has 34 heavy (non-hydrogen) atoms. The Morgan fingerprint density at radius 3 is 2.68 bits per heavy atom. The van der Waals surface area contributed by atoms with Crippen molar-refractivity contribution in [2.45, 2.75) is 69.0 Å². The highest BCUT2D eigenvalue weighted by Gasteiger charge is 2.31. The summed E-state index contributed by atoms with van der Waals surface area (Å²) < 4.78 is 11.7. The zero-order valence-corrected chi connectivity index (χ0v) is 20.4. The number of hydrogen-bond acceptors (Lipinski definition) is 5. The Hall–Kier alpha value is -2.73. The predicted molar refractivity (Wildman–Crippen MR) is 136 cm³/mol. The van der Waals surface area contributed by atoms with Gasteiger partial charge in [0.05, 0.1) is 0 Å². The number of anilines is 1. The fourth-order valence-electron chi connectivity index (χ4n) is 5.09. The second kappa shape index (κ2) is 10.3. The molecular formula is C28H31NO4S. The summed E-state index contributed by atoms with van der Waals surface area (Å²) in [5.41, 5.74) is 3.62. The average molecular weight is 478 g/mol. The summed E-state index contributed by atoms with van der Waals surface area (Å²) in [7, 11) is 0. The number of benzene rings is 2. The van der Waals surface area contributed by atoms with Crippen LogP contribution in [-0.4, -0.2) is 29.8 Å². The fourth-order valence-corrected chi connectivity index (χ4v) is 6.44. The van der Waals surface area contributed by atoms with Crippen molar-refractivity contribution in [1.29, 1.82) is 0 Å². The fraction of sp³-hybridized carbons (Fsp3) is 0.429. The van der Waals surface area contributed by atoms with Crippen molar-refractivity contribution < 1.29 is 18.7 Å². The van der Waals surface area contributed by atoms with Crippen LogP contribution in [-0.2, 0) is 21.7 Å². The summed E-state index contributed by atoms with van der Waals surface area (Å²) in [5.74, 6) is 0.160. The van der Waals surface area contributed by atoms with Gasteiger partial charge in [0.15, 0.2) is 6.10 Å². The van der Waals surface area contributed by atoms with Crippen LogP contribution in [0.5, 0.6) is 0 Å². The third kappa shape index (κ3) is 4.74. The van der Waals surface area contributed by atoms with E-state index < -0.39 is 12.1 Å². The first kappa shape index (κ1) is 23.0. The number of hydrogen-bond donors (Lipinski definition) is 0. The van der Waals surface area contributed by atoms with Crippen molar-refractivity contribution in [2.24, 2.45) is 0 Å². The Bertz CT molecular complexity index is 1180. The van der Waals surface area contributed by atoms with Crippen LogP contribution < -0.4 is 4.90 Å². The number of amides is 1. The number of carbonyl (C=O) groups excluding carboxylic acids is 2. The molecule has 0 saturated heterocycles. The highest BCUT2D eigenvalue weighted by Crippen LogP contribution is 2.35. The van der Waals surface area contributed by atoms with Gasteiger partial charge in [-0.3, -0.25) is 4.79 Å². The maximum absolute atomic E-state index is 13.2. The first-order valence-electron chi connectivity index (χ1n) is 12.3. The Kier molecular flexibility index (Phi) is 6.95. The van der Waals surface area contributed by atoms with Crippen LogP contribution in [0.2, 0.25) is 0 Å². The van der Waals surface area contributed by atoms with Gasteiger partial charge in [0.1, 0.15) is 5.58 Å². The molecular weight excluding hydrogens is 446 g/mol. The van der Waals surface area contributed by atoms with Gasteiger partial charge in [0.2, 0.25) is 5.76 Å². The van der Waals surface area contributed by atoms with Gasteiger partial charge in [-0.05, 0) is 50.3 Å². The molecule has 178 valence electrons. The molecule has 2 aliphatic rings. The van der Waals surface area contributed by atoms with Crippen molar-refractivity contribution in [3.63, 3.8) is 0 Å². The van der Waals surface area contributed by atoms with E-state index in [9.17, 15) is 9.59 Å². The normalized spacial score (nSPS) is 17.4. The van der Waals surface area contributed by atoms with Crippen molar-refractivity contribution in [3.8, 4) is 0 Å². The van der Waals surface area contributed by atoms with Gasteiger partial charge in [-0.25, -0.2) is 4.79 Å². The Morgan fingerprint density at radius 1 is 1.06 bits per heavy atom. The molecule has 2 heterocycles. The summed E-state index contributed by atoms with van der Waals surface area (Å²) in [6.45, 7) is 2.28. The number of fused-ring (bicyclic) bond motifs is 2.